The lowest BCUT2D eigenvalue weighted by Crippen LogP contribution is -1.99. The standard InChI is InChI=1S/C14H16N2O3/c1-8-5-9(2)13(19-4)10(6-8)12-11(14(17)18)7-16(3)15-12/h5-7H,1-4H3,(H,17,18). The third kappa shape index (κ3) is 2.31. The van der Waals surface area contributed by atoms with Crippen molar-refractivity contribution in [2.24, 2.45) is 7.05 Å². The van der Waals surface area contributed by atoms with Crippen LogP contribution in [0.4, 0.5) is 0 Å². The molecule has 1 aromatic heterocycles. The van der Waals surface area contributed by atoms with E-state index in [1.165, 1.54) is 10.9 Å². The van der Waals surface area contributed by atoms with Crippen molar-refractivity contribution in [3.63, 3.8) is 0 Å². The Morgan fingerprint density at radius 1 is 1.37 bits per heavy atom. The molecule has 0 fully saturated rings. The Morgan fingerprint density at radius 2 is 2.05 bits per heavy atom. The number of aromatic carboxylic acids is 1. The molecule has 1 N–H and O–H groups in total. The van der Waals surface area contributed by atoms with Crippen LogP contribution in [0.2, 0.25) is 0 Å². The fourth-order valence-electron chi connectivity index (χ4n) is 2.25. The molecule has 0 aliphatic rings. The first-order valence-corrected chi connectivity index (χ1v) is 5.86. The predicted octanol–water partition coefficient (Wildman–Crippen LogP) is 2.41. The molecule has 1 heterocycles. The summed E-state index contributed by atoms with van der Waals surface area (Å²) in [6, 6.07) is 3.88. The molecule has 0 amide bonds. The number of nitrogens with zero attached hydrogens (tertiary/aromatic N) is 2. The van der Waals surface area contributed by atoms with E-state index in [4.69, 9.17) is 4.74 Å². The molecular weight excluding hydrogens is 244 g/mol. The van der Waals surface area contributed by atoms with Gasteiger partial charge in [0.2, 0.25) is 0 Å². The average Bonchev–Trinajstić information content (AvgIpc) is 2.70. The maximum atomic E-state index is 11.3. The highest BCUT2D eigenvalue weighted by Gasteiger charge is 2.20. The number of carbonyl (C=O) groups is 1. The summed E-state index contributed by atoms with van der Waals surface area (Å²) < 4.78 is 6.88. The number of aryl methyl sites for hydroxylation is 3. The number of hydrogen-bond donors (Lipinski definition) is 1. The van der Waals surface area contributed by atoms with Crippen molar-refractivity contribution in [1.29, 1.82) is 0 Å². The minimum absolute atomic E-state index is 0.172. The molecule has 0 spiro atoms. The zero-order chi connectivity index (χ0) is 14.2. The fourth-order valence-corrected chi connectivity index (χ4v) is 2.25. The van der Waals surface area contributed by atoms with E-state index in [0.29, 0.717) is 17.0 Å². The first kappa shape index (κ1) is 13.1. The number of methoxy groups -OCH3 is 1. The minimum Gasteiger partial charge on any atom is -0.496 e. The number of hydrogen-bond acceptors (Lipinski definition) is 3. The SMILES string of the molecule is COc1c(C)cc(C)cc1-c1nn(C)cc1C(=O)O. The van der Waals surface area contributed by atoms with Crippen LogP contribution in [0.3, 0.4) is 0 Å². The molecule has 0 aliphatic carbocycles. The Kier molecular flexibility index (Phi) is 3.29. The van der Waals surface area contributed by atoms with Crippen molar-refractivity contribution in [3.8, 4) is 17.0 Å². The highest BCUT2D eigenvalue weighted by Crippen LogP contribution is 2.34. The monoisotopic (exact) mass is 260 g/mol. The van der Waals surface area contributed by atoms with Crippen molar-refractivity contribution in [2.75, 3.05) is 7.11 Å². The van der Waals surface area contributed by atoms with E-state index in [1.807, 2.05) is 26.0 Å². The molecule has 0 unspecified atom stereocenters. The van der Waals surface area contributed by atoms with Crippen molar-refractivity contribution in [3.05, 3.63) is 35.0 Å². The Balaban J connectivity index is 2.74. The summed E-state index contributed by atoms with van der Waals surface area (Å²) >= 11 is 0. The largest absolute Gasteiger partial charge is 0.496 e. The van der Waals surface area contributed by atoms with Crippen LogP contribution in [0.5, 0.6) is 5.75 Å². The predicted molar refractivity (Wildman–Crippen MR) is 71.6 cm³/mol. The van der Waals surface area contributed by atoms with Crippen LogP contribution in [0.1, 0.15) is 21.5 Å². The van der Waals surface area contributed by atoms with Crippen LogP contribution < -0.4 is 4.74 Å². The van der Waals surface area contributed by atoms with E-state index < -0.39 is 5.97 Å². The number of benzene rings is 1. The van der Waals surface area contributed by atoms with Gasteiger partial charge in [-0.1, -0.05) is 6.07 Å². The number of ether oxygens (including phenoxy) is 1. The lowest BCUT2D eigenvalue weighted by Gasteiger charge is -2.11. The highest BCUT2D eigenvalue weighted by molar-refractivity contribution is 5.95. The van der Waals surface area contributed by atoms with E-state index in [-0.39, 0.29) is 5.56 Å². The van der Waals surface area contributed by atoms with Crippen molar-refractivity contribution >= 4 is 5.97 Å². The van der Waals surface area contributed by atoms with Crippen LogP contribution in [0.25, 0.3) is 11.3 Å². The van der Waals surface area contributed by atoms with E-state index in [2.05, 4.69) is 5.10 Å². The minimum atomic E-state index is -0.996. The second-order valence-electron chi connectivity index (χ2n) is 4.53. The van der Waals surface area contributed by atoms with Gasteiger partial charge in [-0.05, 0) is 31.0 Å². The number of aromatic nitrogens is 2. The van der Waals surface area contributed by atoms with Gasteiger partial charge >= 0.3 is 5.97 Å². The average molecular weight is 260 g/mol. The maximum Gasteiger partial charge on any atom is 0.339 e. The molecule has 0 atom stereocenters. The molecule has 100 valence electrons. The van der Waals surface area contributed by atoms with Gasteiger partial charge in [0, 0.05) is 18.8 Å². The summed E-state index contributed by atoms with van der Waals surface area (Å²) in [5, 5.41) is 13.5. The van der Waals surface area contributed by atoms with Crippen molar-refractivity contribution in [2.45, 2.75) is 13.8 Å². The van der Waals surface area contributed by atoms with Gasteiger partial charge in [-0.3, -0.25) is 4.68 Å². The van der Waals surface area contributed by atoms with Gasteiger partial charge in [0.15, 0.2) is 0 Å². The van der Waals surface area contributed by atoms with E-state index >= 15 is 0 Å². The molecule has 0 saturated heterocycles. The van der Waals surface area contributed by atoms with Gasteiger partial charge in [-0.15, -0.1) is 0 Å². The van der Waals surface area contributed by atoms with Crippen molar-refractivity contribution < 1.29 is 14.6 Å². The lowest BCUT2D eigenvalue weighted by atomic mass is 10.0. The number of carboxylic acids is 1. The van der Waals surface area contributed by atoms with E-state index in [9.17, 15) is 9.90 Å². The third-order valence-corrected chi connectivity index (χ3v) is 2.94. The van der Waals surface area contributed by atoms with Gasteiger partial charge in [0.25, 0.3) is 0 Å². The van der Waals surface area contributed by atoms with E-state index in [1.54, 1.807) is 14.2 Å². The summed E-state index contributed by atoms with van der Waals surface area (Å²) in [5.74, 6) is -0.337. The molecule has 0 saturated carbocycles. The Labute approximate surface area is 111 Å². The van der Waals surface area contributed by atoms with Gasteiger partial charge in [0.1, 0.15) is 17.0 Å². The maximum absolute atomic E-state index is 11.3. The first-order chi connectivity index (χ1) is 8.93. The topological polar surface area (TPSA) is 64.4 Å². The van der Waals surface area contributed by atoms with Crippen LogP contribution in [-0.4, -0.2) is 28.0 Å². The zero-order valence-corrected chi connectivity index (χ0v) is 11.4. The highest BCUT2D eigenvalue weighted by atomic mass is 16.5. The number of rotatable bonds is 3. The molecule has 0 aliphatic heterocycles. The summed E-state index contributed by atoms with van der Waals surface area (Å²) in [6.45, 7) is 3.89. The summed E-state index contributed by atoms with van der Waals surface area (Å²) in [4.78, 5) is 11.3. The summed E-state index contributed by atoms with van der Waals surface area (Å²) in [5.41, 5.74) is 3.30. The molecule has 2 rings (SSSR count). The first-order valence-electron chi connectivity index (χ1n) is 5.86. The number of carboxylic acid groups (broad SMARTS) is 1. The van der Waals surface area contributed by atoms with Gasteiger partial charge in [0.05, 0.1) is 7.11 Å². The van der Waals surface area contributed by atoms with Gasteiger partial charge in [-0.2, -0.15) is 5.10 Å². The summed E-state index contributed by atoms with van der Waals surface area (Å²) in [7, 11) is 3.27. The molecule has 5 nitrogen and oxygen atoms in total. The second-order valence-corrected chi connectivity index (χ2v) is 4.53. The van der Waals surface area contributed by atoms with Crippen LogP contribution >= 0.6 is 0 Å². The van der Waals surface area contributed by atoms with Crippen LogP contribution in [0.15, 0.2) is 18.3 Å². The van der Waals surface area contributed by atoms with E-state index in [0.717, 1.165) is 11.1 Å². The Hall–Kier alpha value is -2.30. The quantitative estimate of drug-likeness (QED) is 0.920. The smallest absolute Gasteiger partial charge is 0.339 e. The molecule has 19 heavy (non-hydrogen) atoms. The van der Waals surface area contributed by atoms with Gasteiger partial charge in [-0.25, -0.2) is 4.79 Å². The zero-order valence-electron chi connectivity index (χ0n) is 11.4. The molecule has 1 aromatic carbocycles. The second kappa shape index (κ2) is 4.76. The molecule has 5 heteroatoms. The van der Waals surface area contributed by atoms with Crippen LogP contribution in [0, 0.1) is 13.8 Å². The third-order valence-electron chi connectivity index (χ3n) is 2.94. The Morgan fingerprint density at radius 3 is 2.63 bits per heavy atom. The lowest BCUT2D eigenvalue weighted by molar-refractivity contribution is 0.0697. The normalized spacial score (nSPS) is 10.5. The molecule has 2 aromatic rings. The molecular formula is C14H16N2O3. The Bertz CT molecular complexity index is 644. The molecule has 0 radical (unpaired) electrons. The van der Waals surface area contributed by atoms with Crippen LogP contribution in [-0.2, 0) is 7.05 Å². The summed E-state index contributed by atoms with van der Waals surface area (Å²) in [6.07, 6.45) is 1.49. The van der Waals surface area contributed by atoms with Crippen molar-refractivity contribution in [1.82, 2.24) is 9.78 Å². The van der Waals surface area contributed by atoms with Gasteiger partial charge < -0.3 is 9.84 Å². The fraction of sp³-hybridized carbons (Fsp3) is 0.286. The molecule has 0 bridgehead atoms.